The quantitative estimate of drug-likeness (QED) is 0.917. The Kier molecular flexibility index (Phi) is 4.37. The van der Waals surface area contributed by atoms with E-state index in [1.165, 1.54) is 10.7 Å². The van der Waals surface area contributed by atoms with Crippen molar-refractivity contribution in [2.45, 2.75) is 20.0 Å². The second-order valence-electron chi connectivity index (χ2n) is 5.25. The van der Waals surface area contributed by atoms with Crippen molar-refractivity contribution in [1.29, 1.82) is 0 Å². The average Bonchev–Trinajstić information content (AvgIpc) is 2.75. The van der Waals surface area contributed by atoms with Crippen molar-refractivity contribution in [1.82, 2.24) is 14.7 Å². The molecule has 0 aliphatic heterocycles. The van der Waals surface area contributed by atoms with Crippen LogP contribution in [0, 0.1) is 12.7 Å². The number of rotatable bonds is 5. The Labute approximate surface area is 122 Å². The van der Waals surface area contributed by atoms with Crippen molar-refractivity contribution in [3.8, 4) is 0 Å². The van der Waals surface area contributed by atoms with Crippen LogP contribution in [0.15, 0.2) is 24.4 Å². The summed E-state index contributed by atoms with van der Waals surface area (Å²) in [6, 6.07) is 4.97. The average molecular weight is 291 g/mol. The van der Waals surface area contributed by atoms with Crippen LogP contribution in [0.1, 0.15) is 27.2 Å². The summed E-state index contributed by atoms with van der Waals surface area (Å²) in [5.41, 5.74) is 2.24. The molecule has 0 saturated heterocycles. The molecule has 0 aliphatic carbocycles. The molecule has 0 unspecified atom stereocenters. The van der Waals surface area contributed by atoms with E-state index in [0.717, 1.165) is 5.56 Å². The van der Waals surface area contributed by atoms with Crippen molar-refractivity contribution in [3.63, 3.8) is 0 Å². The lowest BCUT2D eigenvalue weighted by molar-refractivity contribution is 0.0687. The summed E-state index contributed by atoms with van der Waals surface area (Å²) < 4.78 is 15.2. The van der Waals surface area contributed by atoms with Gasteiger partial charge in [-0.25, -0.2) is 9.18 Å². The van der Waals surface area contributed by atoms with Crippen molar-refractivity contribution in [2.24, 2.45) is 7.05 Å². The Bertz CT molecular complexity index is 667. The van der Waals surface area contributed by atoms with Crippen molar-refractivity contribution in [2.75, 3.05) is 7.05 Å². The lowest BCUT2D eigenvalue weighted by Gasteiger charge is -2.17. The Morgan fingerprint density at radius 3 is 2.71 bits per heavy atom. The number of hydrogen-bond donors (Lipinski definition) is 1. The lowest BCUT2D eigenvalue weighted by Crippen LogP contribution is -2.19. The first kappa shape index (κ1) is 15.2. The van der Waals surface area contributed by atoms with Gasteiger partial charge in [-0.1, -0.05) is 17.7 Å². The van der Waals surface area contributed by atoms with E-state index < -0.39 is 5.97 Å². The minimum Gasteiger partial charge on any atom is -0.476 e. The molecule has 0 atom stereocenters. The number of aryl methyl sites for hydroxylation is 2. The molecule has 6 heteroatoms. The first-order valence-electron chi connectivity index (χ1n) is 6.56. The fourth-order valence-electron chi connectivity index (χ4n) is 2.30. The third kappa shape index (κ3) is 3.66. The minimum absolute atomic E-state index is 0.0362. The summed E-state index contributed by atoms with van der Waals surface area (Å²) in [6.07, 6.45) is 1.67. The highest BCUT2D eigenvalue weighted by Gasteiger charge is 2.16. The monoisotopic (exact) mass is 291 g/mol. The van der Waals surface area contributed by atoms with E-state index >= 15 is 0 Å². The number of benzene rings is 1. The molecule has 0 radical (unpaired) electrons. The van der Waals surface area contributed by atoms with Crippen LogP contribution in [0.5, 0.6) is 0 Å². The second-order valence-corrected chi connectivity index (χ2v) is 5.25. The Balaban J connectivity index is 2.13. The fraction of sp³-hybridized carbons (Fsp3) is 0.333. The first-order chi connectivity index (χ1) is 9.86. The summed E-state index contributed by atoms with van der Waals surface area (Å²) in [5, 5.41) is 13.0. The molecule has 5 nitrogen and oxygen atoms in total. The number of carbonyl (C=O) groups is 1. The maximum atomic E-state index is 13.7. The van der Waals surface area contributed by atoms with Gasteiger partial charge in [-0.15, -0.1) is 0 Å². The van der Waals surface area contributed by atoms with Crippen molar-refractivity contribution in [3.05, 3.63) is 52.6 Å². The second kappa shape index (κ2) is 6.05. The summed E-state index contributed by atoms with van der Waals surface area (Å²) in [5.74, 6) is -1.31. The molecular weight excluding hydrogens is 273 g/mol. The zero-order valence-corrected chi connectivity index (χ0v) is 12.3. The van der Waals surface area contributed by atoms with Gasteiger partial charge >= 0.3 is 5.97 Å². The van der Waals surface area contributed by atoms with Crippen LogP contribution in [-0.4, -0.2) is 32.8 Å². The van der Waals surface area contributed by atoms with E-state index in [-0.39, 0.29) is 11.5 Å². The predicted octanol–water partition coefficient (Wildman–Crippen LogP) is 2.20. The molecule has 0 spiro atoms. The van der Waals surface area contributed by atoms with Crippen LogP contribution in [0.2, 0.25) is 0 Å². The van der Waals surface area contributed by atoms with E-state index in [4.69, 9.17) is 5.11 Å². The fourth-order valence-corrected chi connectivity index (χ4v) is 2.30. The highest BCUT2D eigenvalue weighted by atomic mass is 19.1. The number of halogens is 1. The van der Waals surface area contributed by atoms with Gasteiger partial charge in [0, 0.05) is 37.5 Å². The third-order valence-corrected chi connectivity index (χ3v) is 3.19. The third-order valence-electron chi connectivity index (χ3n) is 3.19. The van der Waals surface area contributed by atoms with Crippen LogP contribution in [0.25, 0.3) is 0 Å². The summed E-state index contributed by atoms with van der Waals surface area (Å²) >= 11 is 0. The zero-order chi connectivity index (χ0) is 15.6. The molecule has 0 aliphatic rings. The number of aromatic carboxylic acids is 1. The topological polar surface area (TPSA) is 58.4 Å². The Hall–Kier alpha value is -2.21. The molecule has 1 heterocycles. The summed E-state index contributed by atoms with van der Waals surface area (Å²) in [6.45, 7) is 2.71. The van der Waals surface area contributed by atoms with E-state index in [2.05, 4.69) is 5.10 Å². The van der Waals surface area contributed by atoms with Crippen molar-refractivity contribution < 1.29 is 14.3 Å². The van der Waals surface area contributed by atoms with Crippen LogP contribution in [0.4, 0.5) is 4.39 Å². The number of carboxylic acid groups (broad SMARTS) is 1. The van der Waals surface area contributed by atoms with Gasteiger partial charge in [-0.05, 0) is 20.0 Å². The van der Waals surface area contributed by atoms with Crippen LogP contribution < -0.4 is 0 Å². The Morgan fingerprint density at radius 2 is 2.05 bits per heavy atom. The van der Waals surface area contributed by atoms with E-state index in [1.54, 1.807) is 25.4 Å². The van der Waals surface area contributed by atoms with Gasteiger partial charge in [-0.2, -0.15) is 5.10 Å². The zero-order valence-electron chi connectivity index (χ0n) is 12.3. The van der Waals surface area contributed by atoms with Gasteiger partial charge < -0.3 is 5.11 Å². The molecule has 1 N–H and O–H groups in total. The van der Waals surface area contributed by atoms with Crippen LogP contribution in [-0.2, 0) is 20.1 Å². The molecule has 0 bridgehead atoms. The molecule has 2 rings (SSSR count). The SMILES string of the molecule is Cc1ccc(F)c(CN(C)Cc2cn(C)nc2C(=O)O)c1. The Morgan fingerprint density at radius 1 is 1.38 bits per heavy atom. The van der Waals surface area contributed by atoms with E-state index in [0.29, 0.717) is 24.2 Å². The number of nitrogens with zero attached hydrogens (tertiary/aromatic N) is 3. The van der Waals surface area contributed by atoms with Gasteiger partial charge in [0.05, 0.1) is 0 Å². The van der Waals surface area contributed by atoms with Gasteiger partial charge in [-0.3, -0.25) is 9.58 Å². The van der Waals surface area contributed by atoms with Crippen molar-refractivity contribution >= 4 is 5.97 Å². The molecule has 0 fully saturated rings. The molecule has 0 saturated carbocycles. The number of carboxylic acids is 1. The molecular formula is C15H18FN3O2. The number of hydrogen-bond acceptors (Lipinski definition) is 3. The molecule has 112 valence electrons. The maximum Gasteiger partial charge on any atom is 0.356 e. The lowest BCUT2D eigenvalue weighted by atomic mass is 10.1. The predicted molar refractivity (Wildman–Crippen MR) is 76.5 cm³/mol. The molecule has 0 amide bonds. The highest BCUT2D eigenvalue weighted by molar-refractivity contribution is 5.86. The highest BCUT2D eigenvalue weighted by Crippen LogP contribution is 2.15. The van der Waals surface area contributed by atoms with Gasteiger partial charge in [0.15, 0.2) is 5.69 Å². The van der Waals surface area contributed by atoms with E-state index in [1.807, 2.05) is 18.9 Å². The van der Waals surface area contributed by atoms with Crippen LogP contribution >= 0.6 is 0 Å². The number of aromatic nitrogens is 2. The summed E-state index contributed by atoms with van der Waals surface area (Å²) in [4.78, 5) is 13.0. The van der Waals surface area contributed by atoms with Gasteiger partial charge in [0.1, 0.15) is 5.82 Å². The summed E-state index contributed by atoms with van der Waals surface area (Å²) in [7, 11) is 3.50. The molecule has 21 heavy (non-hydrogen) atoms. The largest absolute Gasteiger partial charge is 0.476 e. The normalized spacial score (nSPS) is 11.1. The minimum atomic E-state index is -1.05. The maximum absolute atomic E-state index is 13.7. The molecule has 1 aromatic carbocycles. The van der Waals surface area contributed by atoms with E-state index in [9.17, 15) is 9.18 Å². The molecule has 1 aromatic heterocycles. The first-order valence-corrected chi connectivity index (χ1v) is 6.56. The molecule has 2 aromatic rings. The smallest absolute Gasteiger partial charge is 0.356 e. The van der Waals surface area contributed by atoms with Crippen LogP contribution in [0.3, 0.4) is 0 Å². The van der Waals surface area contributed by atoms with Gasteiger partial charge in [0.2, 0.25) is 0 Å². The van der Waals surface area contributed by atoms with Gasteiger partial charge in [0.25, 0.3) is 0 Å². The standard InChI is InChI=1S/C15H18FN3O2/c1-10-4-5-13(16)11(6-10)7-18(2)8-12-9-19(3)17-14(12)15(20)21/h4-6,9H,7-8H2,1-3H3,(H,20,21).